The van der Waals surface area contributed by atoms with E-state index in [1.165, 1.54) is 11.9 Å². The zero-order valence-corrected chi connectivity index (χ0v) is 12.4. The van der Waals surface area contributed by atoms with Crippen LogP contribution in [-0.4, -0.2) is 17.7 Å². The number of hydrogen-bond acceptors (Lipinski definition) is 2. The van der Waals surface area contributed by atoms with Crippen molar-refractivity contribution in [2.45, 2.75) is 33.2 Å². The molecular weight excluding hydrogens is 246 g/mol. The minimum atomic E-state index is 0.716. The molecule has 2 aromatic rings. The predicted molar refractivity (Wildman–Crippen MR) is 83.6 cm³/mol. The molecule has 0 saturated carbocycles. The Kier molecular flexibility index (Phi) is 5.20. The van der Waals surface area contributed by atoms with E-state index in [9.17, 15) is 0 Å². The summed E-state index contributed by atoms with van der Waals surface area (Å²) in [6.45, 7) is 7.65. The molecule has 0 spiro atoms. The largest absolute Gasteiger partial charge is 0.347 e. The molecule has 1 N–H and O–H groups in total. The normalized spacial score (nSPS) is 11.1. The maximum Gasteiger partial charge on any atom is 0.0998 e. The van der Waals surface area contributed by atoms with Gasteiger partial charge in [-0.05, 0) is 50.0 Å². The second-order valence-corrected chi connectivity index (χ2v) is 5.66. The Labute approximate surface area is 121 Å². The van der Waals surface area contributed by atoms with Crippen molar-refractivity contribution in [3.05, 3.63) is 36.0 Å². The maximum absolute atomic E-state index is 9.10. The van der Waals surface area contributed by atoms with Crippen molar-refractivity contribution in [2.24, 2.45) is 5.92 Å². The molecule has 106 valence electrons. The Hall–Kier alpha value is -1.79. The number of nitriles is 1. The molecular formula is C17H23N3. The van der Waals surface area contributed by atoms with E-state index in [1.807, 2.05) is 18.2 Å². The fraction of sp³-hybridized carbons (Fsp3) is 0.471. The molecule has 0 aliphatic carbocycles. The number of hydrogen-bond donors (Lipinski definition) is 1. The molecule has 1 aromatic heterocycles. The summed E-state index contributed by atoms with van der Waals surface area (Å²) in [5.74, 6) is 0.716. The summed E-state index contributed by atoms with van der Waals surface area (Å²) in [6, 6.07) is 10.2. The molecule has 0 aliphatic rings. The molecule has 20 heavy (non-hydrogen) atoms. The van der Waals surface area contributed by atoms with Gasteiger partial charge in [-0.25, -0.2) is 0 Å². The number of aryl methyl sites for hydroxylation is 1. The quantitative estimate of drug-likeness (QED) is 0.781. The van der Waals surface area contributed by atoms with Gasteiger partial charge in [0.25, 0.3) is 0 Å². The van der Waals surface area contributed by atoms with Crippen LogP contribution in [0.15, 0.2) is 30.5 Å². The van der Waals surface area contributed by atoms with Crippen LogP contribution < -0.4 is 5.32 Å². The van der Waals surface area contributed by atoms with Gasteiger partial charge in [0.05, 0.1) is 11.6 Å². The molecule has 0 aliphatic heterocycles. The average molecular weight is 269 g/mol. The molecule has 2 rings (SSSR count). The molecule has 0 atom stereocenters. The van der Waals surface area contributed by atoms with Crippen molar-refractivity contribution in [3.8, 4) is 6.07 Å². The second-order valence-electron chi connectivity index (χ2n) is 5.66. The van der Waals surface area contributed by atoms with Gasteiger partial charge in [0.15, 0.2) is 0 Å². The van der Waals surface area contributed by atoms with Crippen LogP contribution in [-0.2, 0) is 6.54 Å². The van der Waals surface area contributed by atoms with E-state index < -0.39 is 0 Å². The summed E-state index contributed by atoms with van der Waals surface area (Å²) in [5.41, 5.74) is 1.93. The van der Waals surface area contributed by atoms with Crippen LogP contribution in [0.5, 0.6) is 0 Å². The van der Waals surface area contributed by atoms with Gasteiger partial charge in [0.2, 0.25) is 0 Å². The Balaban J connectivity index is 1.87. The summed E-state index contributed by atoms with van der Waals surface area (Å²) in [4.78, 5) is 0. The van der Waals surface area contributed by atoms with E-state index in [-0.39, 0.29) is 0 Å². The van der Waals surface area contributed by atoms with E-state index in [0.29, 0.717) is 5.92 Å². The summed E-state index contributed by atoms with van der Waals surface area (Å²) < 4.78 is 2.25. The highest BCUT2D eigenvalue weighted by molar-refractivity contribution is 5.85. The predicted octanol–water partition coefficient (Wildman–Crippen LogP) is 3.54. The van der Waals surface area contributed by atoms with E-state index in [2.05, 4.69) is 42.1 Å². The standard InChI is InChI=1S/C17H23N3/c1-14(2)13-19-9-3-4-10-20-11-8-16-15(12-18)6-5-7-17(16)20/h5-8,11,14,19H,3-4,9-10,13H2,1-2H3. The topological polar surface area (TPSA) is 40.8 Å². The highest BCUT2D eigenvalue weighted by Crippen LogP contribution is 2.20. The smallest absolute Gasteiger partial charge is 0.0998 e. The van der Waals surface area contributed by atoms with Gasteiger partial charge in [0.1, 0.15) is 0 Å². The van der Waals surface area contributed by atoms with E-state index in [1.54, 1.807) is 0 Å². The Bertz CT molecular complexity index is 590. The molecule has 1 aromatic carbocycles. The molecule has 3 nitrogen and oxygen atoms in total. The SMILES string of the molecule is CC(C)CNCCCCn1ccc2c(C#N)cccc21. The summed E-state index contributed by atoms with van der Waals surface area (Å²) >= 11 is 0. The number of fused-ring (bicyclic) bond motifs is 1. The third-order valence-corrected chi connectivity index (χ3v) is 3.49. The van der Waals surface area contributed by atoms with Crippen LogP contribution in [0.25, 0.3) is 10.9 Å². The molecule has 0 unspecified atom stereocenters. The van der Waals surface area contributed by atoms with Gasteiger partial charge >= 0.3 is 0 Å². The third kappa shape index (κ3) is 3.61. The fourth-order valence-corrected chi connectivity index (χ4v) is 2.44. The first kappa shape index (κ1) is 14.6. The molecule has 0 bridgehead atoms. The van der Waals surface area contributed by atoms with Crippen molar-refractivity contribution in [1.82, 2.24) is 9.88 Å². The number of unbranched alkanes of at least 4 members (excludes halogenated alkanes) is 1. The Morgan fingerprint density at radius 3 is 2.85 bits per heavy atom. The van der Waals surface area contributed by atoms with Gasteiger partial charge in [0, 0.05) is 23.6 Å². The van der Waals surface area contributed by atoms with Crippen molar-refractivity contribution in [3.63, 3.8) is 0 Å². The third-order valence-electron chi connectivity index (χ3n) is 3.49. The van der Waals surface area contributed by atoms with Gasteiger partial charge < -0.3 is 9.88 Å². The van der Waals surface area contributed by atoms with Crippen molar-refractivity contribution in [1.29, 1.82) is 5.26 Å². The van der Waals surface area contributed by atoms with Crippen LogP contribution in [0.1, 0.15) is 32.3 Å². The number of aromatic nitrogens is 1. The van der Waals surface area contributed by atoms with Gasteiger partial charge in [-0.3, -0.25) is 0 Å². The van der Waals surface area contributed by atoms with Crippen LogP contribution in [0.2, 0.25) is 0 Å². The highest BCUT2D eigenvalue weighted by atomic mass is 14.9. The highest BCUT2D eigenvalue weighted by Gasteiger charge is 2.04. The van der Waals surface area contributed by atoms with Crippen molar-refractivity contribution < 1.29 is 0 Å². The van der Waals surface area contributed by atoms with E-state index in [0.717, 1.165) is 37.0 Å². The first-order valence-electron chi connectivity index (χ1n) is 7.41. The maximum atomic E-state index is 9.10. The first-order chi connectivity index (χ1) is 9.72. The summed E-state index contributed by atoms with van der Waals surface area (Å²) in [6.07, 6.45) is 4.43. The van der Waals surface area contributed by atoms with Crippen LogP contribution in [0.3, 0.4) is 0 Å². The fourth-order valence-electron chi connectivity index (χ4n) is 2.44. The van der Waals surface area contributed by atoms with Gasteiger partial charge in [-0.1, -0.05) is 19.9 Å². The minimum Gasteiger partial charge on any atom is -0.347 e. The Morgan fingerprint density at radius 1 is 1.25 bits per heavy atom. The van der Waals surface area contributed by atoms with Crippen molar-refractivity contribution in [2.75, 3.05) is 13.1 Å². The first-order valence-corrected chi connectivity index (χ1v) is 7.41. The zero-order chi connectivity index (χ0) is 14.4. The molecule has 1 heterocycles. The molecule has 3 heteroatoms. The van der Waals surface area contributed by atoms with E-state index >= 15 is 0 Å². The average Bonchev–Trinajstić information content (AvgIpc) is 2.85. The number of nitrogens with one attached hydrogen (secondary N) is 1. The second kappa shape index (κ2) is 7.12. The van der Waals surface area contributed by atoms with Crippen LogP contribution in [0.4, 0.5) is 0 Å². The number of benzene rings is 1. The van der Waals surface area contributed by atoms with E-state index in [4.69, 9.17) is 5.26 Å². The van der Waals surface area contributed by atoms with Gasteiger partial charge in [-0.2, -0.15) is 5.26 Å². The molecule has 0 radical (unpaired) electrons. The van der Waals surface area contributed by atoms with Crippen LogP contribution in [0, 0.1) is 17.2 Å². The lowest BCUT2D eigenvalue weighted by Crippen LogP contribution is -2.20. The molecule has 0 fully saturated rings. The zero-order valence-electron chi connectivity index (χ0n) is 12.4. The number of rotatable bonds is 7. The molecule has 0 amide bonds. The lowest BCUT2D eigenvalue weighted by molar-refractivity contribution is 0.522. The molecule has 0 saturated heterocycles. The lowest BCUT2D eigenvalue weighted by Gasteiger charge is -2.08. The van der Waals surface area contributed by atoms with Crippen molar-refractivity contribution >= 4 is 10.9 Å². The van der Waals surface area contributed by atoms with Crippen LogP contribution >= 0.6 is 0 Å². The lowest BCUT2D eigenvalue weighted by atomic mass is 10.1. The monoisotopic (exact) mass is 269 g/mol. The summed E-state index contributed by atoms with van der Waals surface area (Å²) in [7, 11) is 0. The Morgan fingerprint density at radius 2 is 2.10 bits per heavy atom. The number of nitrogens with zero attached hydrogens (tertiary/aromatic N) is 2. The van der Waals surface area contributed by atoms with Gasteiger partial charge in [-0.15, -0.1) is 0 Å². The minimum absolute atomic E-state index is 0.716. The summed E-state index contributed by atoms with van der Waals surface area (Å²) in [5, 5.41) is 13.6.